The standard InChI is InChI=1S/C22H23F6NO5S2/c1-29(35(30,31)19-10-4-16(5-11-19)21(23,24)25)18-8-2-15(3-9-18)14-34-36(32,33)20-12-6-17(7-13-20)22(26,27)28/h4-7,10-13,15,18H,2-3,8-9,14H2,1H3/t15-,18-. The molecule has 200 valence electrons. The summed E-state index contributed by atoms with van der Waals surface area (Å²) in [4.78, 5) is -0.683. The summed E-state index contributed by atoms with van der Waals surface area (Å²) in [6, 6.07) is 5.69. The monoisotopic (exact) mass is 559 g/mol. The van der Waals surface area contributed by atoms with Crippen molar-refractivity contribution in [3.05, 3.63) is 59.7 Å². The van der Waals surface area contributed by atoms with Crippen molar-refractivity contribution in [3.8, 4) is 0 Å². The van der Waals surface area contributed by atoms with E-state index in [9.17, 15) is 43.2 Å². The Labute approximate surface area is 205 Å². The van der Waals surface area contributed by atoms with Gasteiger partial charge in [-0.2, -0.15) is 39.1 Å². The van der Waals surface area contributed by atoms with E-state index in [2.05, 4.69) is 0 Å². The van der Waals surface area contributed by atoms with Gasteiger partial charge >= 0.3 is 12.4 Å². The van der Waals surface area contributed by atoms with Gasteiger partial charge in [-0.25, -0.2) is 8.42 Å². The first-order chi connectivity index (χ1) is 16.5. The molecule has 0 aromatic heterocycles. The molecule has 0 spiro atoms. The molecule has 0 amide bonds. The molecule has 1 aliphatic rings. The van der Waals surface area contributed by atoms with Gasteiger partial charge in [-0.1, -0.05) is 0 Å². The fourth-order valence-electron chi connectivity index (χ4n) is 3.92. The Balaban J connectivity index is 1.56. The van der Waals surface area contributed by atoms with E-state index in [1.165, 1.54) is 7.05 Å². The summed E-state index contributed by atoms with van der Waals surface area (Å²) in [5.74, 6) is -0.229. The maximum absolute atomic E-state index is 12.8. The second-order valence-corrected chi connectivity index (χ2v) is 12.1. The number of rotatable bonds is 7. The van der Waals surface area contributed by atoms with Crippen LogP contribution in [0.1, 0.15) is 36.8 Å². The molecule has 0 saturated heterocycles. The number of nitrogens with zero attached hydrogens (tertiary/aromatic N) is 1. The van der Waals surface area contributed by atoms with Crippen molar-refractivity contribution in [1.82, 2.24) is 4.31 Å². The lowest BCUT2D eigenvalue weighted by molar-refractivity contribution is -0.138. The Morgan fingerprint density at radius 1 is 0.750 bits per heavy atom. The Hall–Kier alpha value is -2.16. The summed E-state index contributed by atoms with van der Waals surface area (Å²) in [6.07, 6.45) is -7.63. The molecule has 1 aliphatic carbocycles. The molecule has 0 radical (unpaired) electrons. The fraction of sp³-hybridized carbons (Fsp3) is 0.455. The summed E-state index contributed by atoms with van der Waals surface area (Å²) < 4.78 is 133. The lowest BCUT2D eigenvalue weighted by Gasteiger charge is -2.33. The quantitative estimate of drug-likeness (QED) is 0.339. The molecule has 0 aliphatic heterocycles. The normalized spacial score (nSPS) is 20.0. The van der Waals surface area contributed by atoms with Crippen LogP contribution in [0.3, 0.4) is 0 Å². The number of halogens is 6. The van der Waals surface area contributed by atoms with Crippen LogP contribution in [0.5, 0.6) is 0 Å². The number of alkyl halides is 6. The summed E-state index contributed by atoms with van der Waals surface area (Å²) in [6.45, 7) is -0.217. The summed E-state index contributed by atoms with van der Waals surface area (Å²) in [7, 11) is -6.99. The number of hydrogen-bond acceptors (Lipinski definition) is 5. The van der Waals surface area contributed by atoms with E-state index in [1.54, 1.807) is 0 Å². The fourth-order valence-corrected chi connectivity index (χ4v) is 6.31. The molecule has 0 atom stereocenters. The van der Waals surface area contributed by atoms with Crippen LogP contribution in [-0.2, 0) is 36.7 Å². The minimum absolute atomic E-state index is 0.217. The smallest absolute Gasteiger partial charge is 0.266 e. The topological polar surface area (TPSA) is 80.8 Å². The molecule has 0 heterocycles. The number of sulfonamides is 1. The Kier molecular flexibility index (Phi) is 8.13. The molecule has 3 rings (SSSR count). The highest BCUT2D eigenvalue weighted by Gasteiger charge is 2.35. The first-order valence-electron chi connectivity index (χ1n) is 10.7. The number of hydrogen-bond donors (Lipinski definition) is 0. The highest BCUT2D eigenvalue weighted by Crippen LogP contribution is 2.34. The molecule has 0 N–H and O–H groups in total. The van der Waals surface area contributed by atoms with E-state index < -0.39 is 54.6 Å². The molecule has 6 nitrogen and oxygen atoms in total. The molecule has 0 unspecified atom stereocenters. The van der Waals surface area contributed by atoms with E-state index in [1.807, 2.05) is 0 Å². The van der Waals surface area contributed by atoms with Crippen molar-refractivity contribution in [2.24, 2.45) is 5.92 Å². The molecule has 0 bridgehead atoms. The second kappa shape index (κ2) is 10.3. The Morgan fingerprint density at radius 2 is 1.17 bits per heavy atom. The third-order valence-corrected chi connectivity index (χ3v) is 9.34. The predicted octanol–water partition coefficient (Wildman–Crippen LogP) is 5.31. The van der Waals surface area contributed by atoms with Crippen molar-refractivity contribution >= 4 is 20.1 Å². The Bertz CT molecular complexity index is 1250. The SMILES string of the molecule is CN([C@H]1CC[C@H](COS(=O)(=O)c2ccc(C(F)(F)F)cc2)CC1)S(=O)(=O)c1ccc(C(F)(F)F)cc1. The predicted molar refractivity (Wildman–Crippen MR) is 117 cm³/mol. The second-order valence-electron chi connectivity index (χ2n) is 8.48. The van der Waals surface area contributed by atoms with Crippen LogP contribution >= 0.6 is 0 Å². The first kappa shape index (κ1) is 28.4. The van der Waals surface area contributed by atoms with Crippen molar-refractivity contribution in [3.63, 3.8) is 0 Å². The third kappa shape index (κ3) is 6.58. The molecule has 14 heteroatoms. The zero-order valence-electron chi connectivity index (χ0n) is 18.9. The van der Waals surface area contributed by atoms with E-state index >= 15 is 0 Å². The molecule has 1 saturated carbocycles. The molecule has 36 heavy (non-hydrogen) atoms. The van der Waals surface area contributed by atoms with Crippen molar-refractivity contribution in [1.29, 1.82) is 0 Å². The van der Waals surface area contributed by atoms with Crippen LogP contribution in [0.2, 0.25) is 0 Å². The summed E-state index contributed by atoms with van der Waals surface area (Å²) in [5.41, 5.74) is -1.95. The average Bonchev–Trinajstić information content (AvgIpc) is 2.82. The van der Waals surface area contributed by atoms with Gasteiger partial charge in [0.2, 0.25) is 10.0 Å². The average molecular weight is 560 g/mol. The zero-order chi connectivity index (χ0) is 26.9. The highest BCUT2D eigenvalue weighted by atomic mass is 32.2. The van der Waals surface area contributed by atoms with E-state index in [-0.39, 0.29) is 17.4 Å². The van der Waals surface area contributed by atoms with Gasteiger partial charge in [0.05, 0.1) is 27.5 Å². The lowest BCUT2D eigenvalue weighted by Crippen LogP contribution is -2.40. The van der Waals surface area contributed by atoms with E-state index in [0.29, 0.717) is 49.9 Å². The van der Waals surface area contributed by atoms with E-state index in [0.717, 1.165) is 28.6 Å². The summed E-state index contributed by atoms with van der Waals surface area (Å²) in [5, 5.41) is 0. The maximum atomic E-state index is 12.8. The third-order valence-electron chi connectivity index (χ3n) is 6.12. The van der Waals surface area contributed by atoms with Gasteiger partial charge in [-0.15, -0.1) is 0 Å². The number of benzene rings is 2. The van der Waals surface area contributed by atoms with E-state index in [4.69, 9.17) is 4.18 Å². The van der Waals surface area contributed by atoms with Crippen LogP contribution < -0.4 is 0 Å². The van der Waals surface area contributed by atoms with Gasteiger partial charge in [0.15, 0.2) is 0 Å². The molecule has 2 aromatic rings. The van der Waals surface area contributed by atoms with Crippen LogP contribution in [0.25, 0.3) is 0 Å². The van der Waals surface area contributed by atoms with Gasteiger partial charge in [0.1, 0.15) is 0 Å². The van der Waals surface area contributed by atoms with Crippen molar-refractivity contribution in [2.75, 3.05) is 13.7 Å². The highest BCUT2D eigenvalue weighted by molar-refractivity contribution is 7.89. The lowest BCUT2D eigenvalue weighted by atomic mass is 9.87. The van der Waals surface area contributed by atoms with Gasteiger partial charge < -0.3 is 0 Å². The first-order valence-corrected chi connectivity index (χ1v) is 13.6. The van der Waals surface area contributed by atoms with Crippen LogP contribution in [-0.4, -0.2) is 40.8 Å². The zero-order valence-corrected chi connectivity index (χ0v) is 20.5. The van der Waals surface area contributed by atoms with Gasteiger partial charge in [-0.05, 0) is 80.1 Å². The molecular weight excluding hydrogens is 536 g/mol. The maximum Gasteiger partial charge on any atom is 0.416 e. The van der Waals surface area contributed by atoms with Gasteiger partial charge in [-0.3, -0.25) is 4.18 Å². The largest absolute Gasteiger partial charge is 0.416 e. The van der Waals surface area contributed by atoms with Crippen LogP contribution in [0.4, 0.5) is 26.3 Å². The minimum Gasteiger partial charge on any atom is -0.266 e. The van der Waals surface area contributed by atoms with Crippen LogP contribution in [0, 0.1) is 5.92 Å². The molecule has 1 fully saturated rings. The molecule has 2 aromatic carbocycles. The van der Waals surface area contributed by atoms with Crippen molar-refractivity contribution < 1.29 is 47.4 Å². The summed E-state index contributed by atoms with van der Waals surface area (Å²) >= 11 is 0. The molecular formula is C22H23F6NO5S2. The van der Waals surface area contributed by atoms with Gasteiger partial charge in [0.25, 0.3) is 10.1 Å². The van der Waals surface area contributed by atoms with Gasteiger partial charge in [0, 0.05) is 13.1 Å². The van der Waals surface area contributed by atoms with Crippen LogP contribution in [0.15, 0.2) is 58.3 Å². The Morgan fingerprint density at radius 3 is 1.58 bits per heavy atom. The van der Waals surface area contributed by atoms with Crippen molar-refractivity contribution in [2.45, 2.75) is 53.9 Å². The minimum atomic E-state index is -4.60.